The molecule has 2 aromatic rings. The predicted octanol–water partition coefficient (Wildman–Crippen LogP) is 3.03. The summed E-state index contributed by atoms with van der Waals surface area (Å²) in [6.45, 7) is 6.01. The van der Waals surface area contributed by atoms with Crippen molar-refractivity contribution in [3.05, 3.63) is 58.7 Å². The molecule has 0 spiro atoms. The highest BCUT2D eigenvalue weighted by atomic mass is 19.1. The average Bonchev–Trinajstić information content (AvgIpc) is 2.65. The second-order valence-corrected chi connectivity index (χ2v) is 7.61. The van der Waals surface area contributed by atoms with Gasteiger partial charge in [0.05, 0.1) is 12.0 Å². The van der Waals surface area contributed by atoms with Gasteiger partial charge in [-0.15, -0.1) is 0 Å². The molecule has 3 rings (SSSR count). The zero-order chi connectivity index (χ0) is 21.5. The van der Waals surface area contributed by atoms with Gasteiger partial charge in [-0.3, -0.25) is 14.4 Å². The molecule has 150 valence electrons. The molecular formula is C22H21FN2O4. The summed E-state index contributed by atoms with van der Waals surface area (Å²) < 4.78 is 14.3. The van der Waals surface area contributed by atoms with Gasteiger partial charge in [-0.2, -0.15) is 4.39 Å². The maximum absolute atomic E-state index is 14.3. The van der Waals surface area contributed by atoms with E-state index in [1.54, 1.807) is 45.0 Å². The van der Waals surface area contributed by atoms with E-state index in [2.05, 4.69) is 10.3 Å². The van der Waals surface area contributed by atoms with Crippen LogP contribution in [-0.2, 0) is 19.8 Å². The van der Waals surface area contributed by atoms with Crippen LogP contribution < -0.4 is 5.32 Å². The molecule has 0 aliphatic heterocycles. The first-order chi connectivity index (χ1) is 13.5. The standard InChI is InChI=1S/C22H21FN2O4/c1-11-5-7-14(20(23)25-11)13-6-8-16-15(9-13)18(27)17(19(28)22(16,3)4)21(29)24-10-12(2)26/h5-9,27H,10H2,1-4H3,(H,24,29). The molecule has 1 heterocycles. The zero-order valence-electron chi connectivity index (χ0n) is 16.6. The van der Waals surface area contributed by atoms with Gasteiger partial charge in [-0.05, 0) is 57.0 Å². The molecule has 0 saturated heterocycles. The van der Waals surface area contributed by atoms with Crippen LogP contribution in [0.5, 0.6) is 0 Å². The molecule has 7 heteroatoms. The number of pyridine rings is 1. The quantitative estimate of drug-likeness (QED) is 0.612. The third kappa shape index (κ3) is 3.55. The lowest BCUT2D eigenvalue weighted by atomic mass is 9.70. The number of carbonyl (C=O) groups excluding carboxylic acids is 3. The van der Waals surface area contributed by atoms with Crippen LogP contribution in [0.25, 0.3) is 16.9 Å². The summed E-state index contributed by atoms with van der Waals surface area (Å²) in [5.41, 5.74) is 0.504. The normalized spacial score (nSPS) is 15.1. The first kappa shape index (κ1) is 20.4. The van der Waals surface area contributed by atoms with Crippen molar-refractivity contribution >= 4 is 23.2 Å². The minimum absolute atomic E-state index is 0.239. The van der Waals surface area contributed by atoms with Crippen LogP contribution in [0.15, 0.2) is 35.9 Å². The molecule has 0 unspecified atom stereocenters. The Hall–Kier alpha value is -3.35. The Labute approximate surface area is 167 Å². The van der Waals surface area contributed by atoms with Gasteiger partial charge in [-0.1, -0.05) is 12.1 Å². The summed E-state index contributed by atoms with van der Waals surface area (Å²) in [5.74, 6) is -2.81. The van der Waals surface area contributed by atoms with Crippen molar-refractivity contribution in [1.82, 2.24) is 10.3 Å². The van der Waals surface area contributed by atoms with Crippen LogP contribution in [-0.4, -0.2) is 34.1 Å². The van der Waals surface area contributed by atoms with E-state index in [-0.39, 0.29) is 23.5 Å². The number of carbonyl (C=O) groups is 3. The van der Waals surface area contributed by atoms with Gasteiger partial charge in [0.25, 0.3) is 5.91 Å². The molecule has 0 radical (unpaired) electrons. The summed E-state index contributed by atoms with van der Waals surface area (Å²) >= 11 is 0. The number of benzene rings is 1. The van der Waals surface area contributed by atoms with E-state index in [1.165, 1.54) is 13.0 Å². The summed E-state index contributed by atoms with van der Waals surface area (Å²) in [5, 5.41) is 13.1. The number of aliphatic hydroxyl groups excluding tert-OH is 1. The van der Waals surface area contributed by atoms with Crippen molar-refractivity contribution in [2.75, 3.05) is 6.54 Å². The fraction of sp³-hybridized carbons (Fsp3) is 0.273. The highest BCUT2D eigenvalue weighted by Crippen LogP contribution is 2.41. The van der Waals surface area contributed by atoms with Gasteiger partial charge < -0.3 is 10.4 Å². The van der Waals surface area contributed by atoms with E-state index in [0.717, 1.165) is 0 Å². The first-order valence-electron chi connectivity index (χ1n) is 9.08. The zero-order valence-corrected chi connectivity index (χ0v) is 16.6. The van der Waals surface area contributed by atoms with Crippen molar-refractivity contribution in [2.24, 2.45) is 0 Å². The summed E-state index contributed by atoms with van der Waals surface area (Å²) in [6, 6.07) is 8.08. The van der Waals surface area contributed by atoms with Crippen molar-refractivity contribution < 1.29 is 23.9 Å². The molecule has 29 heavy (non-hydrogen) atoms. The van der Waals surface area contributed by atoms with Crippen molar-refractivity contribution in [1.29, 1.82) is 0 Å². The number of nitrogens with zero attached hydrogens (tertiary/aromatic N) is 1. The number of fused-ring (bicyclic) bond motifs is 1. The lowest BCUT2D eigenvalue weighted by molar-refractivity contribution is -0.126. The van der Waals surface area contributed by atoms with Crippen LogP contribution in [0, 0.1) is 12.9 Å². The number of aliphatic hydroxyl groups is 1. The number of aryl methyl sites for hydroxylation is 1. The smallest absolute Gasteiger partial charge is 0.259 e. The largest absolute Gasteiger partial charge is 0.506 e. The molecule has 0 bridgehead atoms. The average molecular weight is 396 g/mol. The summed E-state index contributed by atoms with van der Waals surface area (Å²) in [7, 11) is 0. The highest BCUT2D eigenvalue weighted by Gasteiger charge is 2.43. The van der Waals surface area contributed by atoms with Gasteiger partial charge in [0.15, 0.2) is 5.78 Å². The van der Waals surface area contributed by atoms with E-state index >= 15 is 0 Å². The Bertz CT molecular complexity index is 1090. The molecule has 1 aromatic heterocycles. The summed E-state index contributed by atoms with van der Waals surface area (Å²) in [4.78, 5) is 40.4. The molecule has 0 fully saturated rings. The first-order valence-corrected chi connectivity index (χ1v) is 9.08. The van der Waals surface area contributed by atoms with Crippen LogP contribution >= 0.6 is 0 Å². The SMILES string of the molecule is CC(=O)CNC(=O)C1=C(O)c2cc(-c3ccc(C)nc3F)ccc2C(C)(C)C1=O. The second kappa shape index (κ2) is 7.24. The van der Waals surface area contributed by atoms with Crippen molar-refractivity contribution in [3.8, 4) is 11.1 Å². The Kier molecular flexibility index (Phi) is 5.09. The Balaban J connectivity index is 2.16. The van der Waals surface area contributed by atoms with Gasteiger partial charge in [0.1, 0.15) is 17.1 Å². The minimum atomic E-state index is -1.09. The number of amides is 1. The van der Waals surface area contributed by atoms with Crippen LogP contribution in [0.3, 0.4) is 0 Å². The second-order valence-electron chi connectivity index (χ2n) is 7.61. The van der Waals surface area contributed by atoms with Crippen LogP contribution in [0.1, 0.15) is 37.6 Å². The van der Waals surface area contributed by atoms with Gasteiger partial charge in [0.2, 0.25) is 5.95 Å². The number of ketones is 2. The molecule has 1 aliphatic rings. The molecule has 6 nitrogen and oxygen atoms in total. The van der Waals surface area contributed by atoms with E-state index in [9.17, 15) is 23.9 Å². The molecule has 2 N–H and O–H groups in total. The van der Waals surface area contributed by atoms with E-state index in [1.807, 2.05) is 0 Å². The molecule has 0 saturated carbocycles. The fourth-order valence-corrected chi connectivity index (χ4v) is 3.37. The molecule has 1 aliphatic carbocycles. The number of halogens is 1. The molecule has 1 aromatic carbocycles. The van der Waals surface area contributed by atoms with Gasteiger partial charge in [-0.25, -0.2) is 4.98 Å². The number of hydrogen-bond acceptors (Lipinski definition) is 5. The van der Waals surface area contributed by atoms with Crippen molar-refractivity contribution in [2.45, 2.75) is 33.1 Å². The topological polar surface area (TPSA) is 96.4 Å². The Morgan fingerprint density at radius 3 is 2.48 bits per heavy atom. The number of hydrogen-bond donors (Lipinski definition) is 2. The summed E-state index contributed by atoms with van der Waals surface area (Å²) in [6.07, 6.45) is 0. The lowest BCUT2D eigenvalue weighted by Gasteiger charge is -2.32. The van der Waals surface area contributed by atoms with E-state index in [0.29, 0.717) is 16.8 Å². The van der Waals surface area contributed by atoms with E-state index in [4.69, 9.17) is 0 Å². The van der Waals surface area contributed by atoms with Gasteiger partial charge >= 0.3 is 0 Å². The highest BCUT2D eigenvalue weighted by molar-refractivity contribution is 6.28. The predicted molar refractivity (Wildman–Crippen MR) is 106 cm³/mol. The number of rotatable bonds is 4. The maximum Gasteiger partial charge on any atom is 0.259 e. The monoisotopic (exact) mass is 396 g/mol. The minimum Gasteiger partial charge on any atom is -0.506 e. The number of nitrogens with one attached hydrogen (secondary N) is 1. The lowest BCUT2D eigenvalue weighted by Crippen LogP contribution is -2.42. The molecule has 0 atom stereocenters. The third-order valence-electron chi connectivity index (χ3n) is 5.00. The van der Waals surface area contributed by atoms with E-state index < -0.39 is 34.4 Å². The van der Waals surface area contributed by atoms with Crippen molar-refractivity contribution in [3.63, 3.8) is 0 Å². The number of Topliss-reactive ketones (excluding diaryl/α,β-unsaturated/α-hetero) is 2. The number of aromatic nitrogens is 1. The Morgan fingerprint density at radius 2 is 1.86 bits per heavy atom. The van der Waals surface area contributed by atoms with Crippen LogP contribution in [0.4, 0.5) is 4.39 Å². The molecule has 1 amide bonds. The third-order valence-corrected chi connectivity index (χ3v) is 5.00. The van der Waals surface area contributed by atoms with Gasteiger partial charge in [0, 0.05) is 16.8 Å². The Morgan fingerprint density at radius 1 is 1.17 bits per heavy atom. The maximum atomic E-state index is 14.3. The fourth-order valence-electron chi connectivity index (χ4n) is 3.37. The van der Waals surface area contributed by atoms with Crippen LogP contribution in [0.2, 0.25) is 0 Å². The molecular weight excluding hydrogens is 375 g/mol.